The summed E-state index contributed by atoms with van der Waals surface area (Å²) in [6.45, 7) is 6.17. The van der Waals surface area contributed by atoms with E-state index < -0.39 is 0 Å². The minimum Gasteiger partial charge on any atom is -0.496 e. The Labute approximate surface area is 136 Å². The Kier molecular flexibility index (Phi) is 3.57. The molecule has 0 unspecified atom stereocenters. The van der Waals surface area contributed by atoms with Crippen LogP contribution in [-0.2, 0) is 7.05 Å². The van der Waals surface area contributed by atoms with E-state index in [1.54, 1.807) is 7.11 Å². The van der Waals surface area contributed by atoms with Gasteiger partial charge in [0.25, 0.3) is 0 Å². The Balaban J connectivity index is 2.46. The van der Waals surface area contributed by atoms with Crippen molar-refractivity contribution in [1.82, 2.24) is 9.55 Å². The van der Waals surface area contributed by atoms with Gasteiger partial charge in [-0.25, -0.2) is 4.98 Å². The SMILES string of the molecule is COc1ccc(C)c(-c2cc(C#N)nc3c2cc(C)n3C)c1C. The van der Waals surface area contributed by atoms with E-state index in [9.17, 15) is 5.26 Å². The van der Waals surface area contributed by atoms with Gasteiger partial charge in [0.15, 0.2) is 0 Å². The van der Waals surface area contributed by atoms with E-state index in [2.05, 4.69) is 37.0 Å². The average Bonchev–Trinajstić information content (AvgIpc) is 2.83. The summed E-state index contributed by atoms with van der Waals surface area (Å²) in [4.78, 5) is 4.47. The highest BCUT2D eigenvalue weighted by Gasteiger charge is 2.17. The molecule has 2 aromatic heterocycles. The van der Waals surface area contributed by atoms with Crippen LogP contribution < -0.4 is 4.74 Å². The fraction of sp³-hybridized carbons (Fsp3) is 0.263. The lowest BCUT2D eigenvalue weighted by Crippen LogP contribution is -1.97. The first-order chi connectivity index (χ1) is 11.0. The first-order valence-electron chi connectivity index (χ1n) is 7.49. The van der Waals surface area contributed by atoms with Crippen molar-refractivity contribution >= 4 is 11.0 Å². The van der Waals surface area contributed by atoms with Gasteiger partial charge < -0.3 is 9.30 Å². The molecule has 0 aliphatic rings. The molecule has 0 saturated heterocycles. The summed E-state index contributed by atoms with van der Waals surface area (Å²) < 4.78 is 7.49. The van der Waals surface area contributed by atoms with Crippen molar-refractivity contribution < 1.29 is 4.74 Å². The lowest BCUT2D eigenvalue weighted by Gasteiger charge is -2.15. The molecule has 0 saturated carbocycles. The minimum atomic E-state index is 0.426. The Bertz CT molecular complexity index is 961. The second-order valence-corrected chi connectivity index (χ2v) is 5.83. The van der Waals surface area contributed by atoms with E-state index in [4.69, 9.17) is 4.74 Å². The molecule has 0 bridgehead atoms. The number of nitriles is 1. The van der Waals surface area contributed by atoms with Crippen molar-refractivity contribution in [3.8, 4) is 22.9 Å². The van der Waals surface area contributed by atoms with E-state index in [1.807, 2.05) is 30.7 Å². The third-order valence-electron chi connectivity index (χ3n) is 4.47. The molecule has 4 heteroatoms. The van der Waals surface area contributed by atoms with Gasteiger partial charge in [0.05, 0.1) is 7.11 Å². The maximum atomic E-state index is 9.36. The monoisotopic (exact) mass is 305 g/mol. The van der Waals surface area contributed by atoms with Crippen LogP contribution in [0, 0.1) is 32.1 Å². The van der Waals surface area contributed by atoms with Crippen molar-refractivity contribution in [1.29, 1.82) is 5.26 Å². The largest absolute Gasteiger partial charge is 0.496 e. The van der Waals surface area contributed by atoms with Crippen LogP contribution in [0.3, 0.4) is 0 Å². The fourth-order valence-electron chi connectivity index (χ4n) is 3.14. The highest BCUT2D eigenvalue weighted by Crippen LogP contribution is 2.37. The summed E-state index contributed by atoms with van der Waals surface area (Å²) in [6.07, 6.45) is 0. The Hall–Kier alpha value is -2.80. The Morgan fingerprint density at radius 3 is 2.57 bits per heavy atom. The molecule has 0 aliphatic heterocycles. The molecule has 0 aliphatic carbocycles. The fourth-order valence-corrected chi connectivity index (χ4v) is 3.14. The zero-order chi connectivity index (χ0) is 16.7. The van der Waals surface area contributed by atoms with E-state index in [0.717, 1.165) is 44.7 Å². The smallest absolute Gasteiger partial charge is 0.143 e. The Morgan fingerprint density at radius 2 is 1.91 bits per heavy atom. The number of rotatable bonds is 2. The molecule has 0 radical (unpaired) electrons. The Morgan fingerprint density at radius 1 is 1.17 bits per heavy atom. The highest BCUT2D eigenvalue weighted by atomic mass is 16.5. The molecular weight excluding hydrogens is 286 g/mol. The topological polar surface area (TPSA) is 50.8 Å². The number of fused-ring (bicyclic) bond motifs is 1. The number of hydrogen-bond acceptors (Lipinski definition) is 3. The average molecular weight is 305 g/mol. The third-order valence-corrected chi connectivity index (χ3v) is 4.47. The zero-order valence-electron chi connectivity index (χ0n) is 14.1. The van der Waals surface area contributed by atoms with Crippen molar-refractivity contribution in [2.45, 2.75) is 20.8 Å². The third kappa shape index (κ3) is 2.25. The van der Waals surface area contributed by atoms with Gasteiger partial charge >= 0.3 is 0 Å². The first kappa shape index (κ1) is 15.1. The van der Waals surface area contributed by atoms with Gasteiger partial charge in [-0.3, -0.25) is 0 Å². The lowest BCUT2D eigenvalue weighted by atomic mass is 9.93. The molecule has 116 valence electrons. The molecular formula is C19H19N3O. The number of aromatic nitrogens is 2. The summed E-state index contributed by atoms with van der Waals surface area (Å²) in [5, 5.41) is 10.4. The van der Waals surface area contributed by atoms with Crippen LogP contribution in [0.1, 0.15) is 22.5 Å². The van der Waals surface area contributed by atoms with Crippen molar-refractivity contribution in [3.63, 3.8) is 0 Å². The van der Waals surface area contributed by atoms with Gasteiger partial charge in [-0.15, -0.1) is 0 Å². The summed E-state index contributed by atoms with van der Waals surface area (Å²) in [5.41, 5.74) is 6.74. The summed E-state index contributed by atoms with van der Waals surface area (Å²) in [6, 6.07) is 10.2. The van der Waals surface area contributed by atoms with E-state index in [1.165, 1.54) is 0 Å². The quantitative estimate of drug-likeness (QED) is 0.718. The zero-order valence-corrected chi connectivity index (χ0v) is 14.1. The summed E-state index contributed by atoms with van der Waals surface area (Å²) >= 11 is 0. The molecule has 0 fully saturated rings. The molecule has 2 heterocycles. The van der Waals surface area contributed by atoms with Crippen LogP contribution in [0.4, 0.5) is 0 Å². The van der Waals surface area contributed by atoms with Gasteiger partial charge in [-0.2, -0.15) is 5.26 Å². The number of ether oxygens (including phenoxy) is 1. The summed E-state index contributed by atoms with van der Waals surface area (Å²) in [7, 11) is 3.65. The van der Waals surface area contributed by atoms with Gasteiger partial charge in [-0.05, 0) is 61.2 Å². The normalized spacial score (nSPS) is 10.8. The van der Waals surface area contributed by atoms with Gasteiger partial charge in [0.2, 0.25) is 0 Å². The number of methoxy groups -OCH3 is 1. The summed E-state index contributed by atoms with van der Waals surface area (Å²) in [5.74, 6) is 0.849. The maximum absolute atomic E-state index is 9.36. The predicted octanol–water partition coefficient (Wildman–Crippen LogP) is 4.05. The van der Waals surface area contributed by atoms with Crippen LogP contribution >= 0.6 is 0 Å². The first-order valence-corrected chi connectivity index (χ1v) is 7.49. The number of pyridine rings is 1. The standard InChI is InChI=1S/C19H19N3O/c1-11-6-7-17(23-5)13(3)18(11)15-9-14(10-20)21-19-16(15)8-12(2)22(19)4/h6-9H,1-5H3. The van der Waals surface area contributed by atoms with Crippen molar-refractivity contribution in [3.05, 3.63) is 46.8 Å². The van der Waals surface area contributed by atoms with Crippen LogP contribution in [-0.4, -0.2) is 16.7 Å². The number of benzene rings is 1. The number of aryl methyl sites for hydroxylation is 3. The molecule has 4 nitrogen and oxygen atoms in total. The molecule has 1 aromatic carbocycles. The molecule has 0 N–H and O–H groups in total. The molecule has 0 amide bonds. The van der Waals surface area contributed by atoms with Crippen LogP contribution in [0.25, 0.3) is 22.2 Å². The van der Waals surface area contributed by atoms with Crippen LogP contribution in [0.2, 0.25) is 0 Å². The second-order valence-electron chi connectivity index (χ2n) is 5.83. The van der Waals surface area contributed by atoms with Gasteiger partial charge in [-0.1, -0.05) is 6.07 Å². The van der Waals surface area contributed by atoms with Gasteiger partial charge in [0.1, 0.15) is 23.2 Å². The molecule has 3 rings (SSSR count). The highest BCUT2D eigenvalue weighted by molar-refractivity contribution is 5.96. The minimum absolute atomic E-state index is 0.426. The van der Waals surface area contributed by atoms with Gasteiger partial charge in [0, 0.05) is 18.1 Å². The number of hydrogen-bond donors (Lipinski definition) is 0. The van der Waals surface area contributed by atoms with Crippen molar-refractivity contribution in [2.75, 3.05) is 7.11 Å². The van der Waals surface area contributed by atoms with Crippen molar-refractivity contribution in [2.24, 2.45) is 7.05 Å². The molecule has 3 aromatic rings. The van der Waals surface area contributed by atoms with E-state index >= 15 is 0 Å². The predicted molar refractivity (Wildman–Crippen MR) is 91.6 cm³/mol. The second kappa shape index (κ2) is 5.44. The van der Waals surface area contributed by atoms with E-state index in [0.29, 0.717) is 5.69 Å². The maximum Gasteiger partial charge on any atom is 0.143 e. The van der Waals surface area contributed by atoms with Crippen LogP contribution in [0.5, 0.6) is 5.75 Å². The molecule has 0 spiro atoms. The number of nitrogens with zero attached hydrogens (tertiary/aromatic N) is 3. The lowest BCUT2D eigenvalue weighted by molar-refractivity contribution is 0.412. The molecule has 23 heavy (non-hydrogen) atoms. The van der Waals surface area contributed by atoms with Crippen LogP contribution in [0.15, 0.2) is 24.3 Å². The molecule has 0 atom stereocenters. The van der Waals surface area contributed by atoms with E-state index in [-0.39, 0.29) is 0 Å².